The maximum atomic E-state index is 5.52. The van der Waals surface area contributed by atoms with Gasteiger partial charge in [0.1, 0.15) is 0 Å². The van der Waals surface area contributed by atoms with Gasteiger partial charge in [0.15, 0.2) is 0 Å². The Balaban J connectivity index is 1.59. The van der Waals surface area contributed by atoms with Gasteiger partial charge in [-0.1, -0.05) is 32.1 Å². The Morgan fingerprint density at radius 1 is 0.882 bits per heavy atom. The normalized spacial score (nSPS) is 30.2. The number of piperidine rings is 1. The van der Waals surface area contributed by atoms with E-state index < -0.39 is 0 Å². The molecule has 0 aromatic carbocycles. The molecule has 1 saturated heterocycles. The minimum absolute atomic E-state index is 0.869. The van der Waals surface area contributed by atoms with Crippen LogP contribution < -0.4 is 5.73 Å². The number of hydrogen-bond acceptors (Lipinski definition) is 2. The van der Waals surface area contributed by atoms with Gasteiger partial charge in [-0.25, -0.2) is 0 Å². The lowest BCUT2D eigenvalue weighted by atomic mass is 9.75. The van der Waals surface area contributed by atoms with Crippen LogP contribution in [0.3, 0.4) is 0 Å². The molecule has 0 bridgehead atoms. The fourth-order valence-electron chi connectivity index (χ4n) is 3.71. The number of likely N-dealkylation sites (tertiary alicyclic amines) is 1. The summed E-state index contributed by atoms with van der Waals surface area (Å²) in [5.41, 5.74) is 5.52. The van der Waals surface area contributed by atoms with E-state index in [0.717, 1.165) is 18.4 Å². The Morgan fingerprint density at radius 2 is 1.65 bits per heavy atom. The van der Waals surface area contributed by atoms with Crippen LogP contribution in [-0.2, 0) is 0 Å². The Kier molecular flexibility index (Phi) is 5.79. The summed E-state index contributed by atoms with van der Waals surface area (Å²) in [6.45, 7) is 4.99. The highest BCUT2D eigenvalue weighted by Gasteiger charge is 2.30. The molecule has 2 aliphatic rings. The zero-order valence-electron chi connectivity index (χ0n) is 11.4. The predicted molar refractivity (Wildman–Crippen MR) is 74.0 cm³/mol. The van der Waals surface area contributed by atoms with Crippen molar-refractivity contribution in [1.82, 2.24) is 4.90 Å². The topological polar surface area (TPSA) is 29.3 Å². The van der Waals surface area contributed by atoms with E-state index in [0.29, 0.717) is 0 Å². The molecule has 1 aliphatic heterocycles. The van der Waals surface area contributed by atoms with E-state index in [4.69, 9.17) is 5.73 Å². The van der Waals surface area contributed by atoms with Crippen molar-refractivity contribution in [2.45, 2.75) is 57.8 Å². The largest absolute Gasteiger partial charge is 0.330 e. The lowest BCUT2D eigenvalue weighted by Crippen LogP contribution is -2.42. The predicted octanol–water partition coefficient (Wildman–Crippen LogP) is 3.02. The highest BCUT2D eigenvalue weighted by Crippen LogP contribution is 2.35. The van der Waals surface area contributed by atoms with Crippen molar-refractivity contribution >= 4 is 0 Å². The molecule has 2 rings (SSSR count). The minimum Gasteiger partial charge on any atom is -0.330 e. The highest BCUT2D eigenvalue weighted by atomic mass is 15.1. The highest BCUT2D eigenvalue weighted by molar-refractivity contribution is 4.83. The van der Waals surface area contributed by atoms with Crippen LogP contribution in [0.5, 0.6) is 0 Å². The molecule has 0 aromatic heterocycles. The van der Waals surface area contributed by atoms with E-state index in [1.54, 1.807) is 0 Å². The fraction of sp³-hybridized carbons (Fsp3) is 1.00. The van der Waals surface area contributed by atoms with Gasteiger partial charge in [-0.2, -0.15) is 0 Å². The zero-order chi connectivity index (χ0) is 11.9. The molecular formula is C15H30N2. The smallest absolute Gasteiger partial charge is 0.00123 e. The van der Waals surface area contributed by atoms with E-state index >= 15 is 0 Å². The van der Waals surface area contributed by atoms with Gasteiger partial charge in [0.2, 0.25) is 0 Å². The third kappa shape index (κ3) is 4.26. The first-order chi connectivity index (χ1) is 8.40. The number of fused-ring (bicyclic) bond motifs is 1. The third-order valence-electron chi connectivity index (χ3n) is 4.80. The van der Waals surface area contributed by atoms with Crippen LogP contribution >= 0.6 is 0 Å². The summed E-state index contributed by atoms with van der Waals surface area (Å²) in [7, 11) is 0. The average molecular weight is 238 g/mol. The number of unbranched alkanes of at least 4 members (excludes halogenated alkanes) is 3. The fourth-order valence-corrected chi connectivity index (χ4v) is 3.71. The first-order valence-electron chi connectivity index (χ1n) is 7.82. The van der Waals surface area contributed by atoms with Gasteiger partial charge in [-0.05, 0) is 57.2 Å². The molecule has 2 nitrogen and oxygen atoms in total. The number of hydrogen-bond donors (Lipinski definition) is 1. The van der Waals surface area contributed by atoms with E-state index in [-0.39, 0.29) is 0 Å². The summed E-state index contributed by atoms with van der Waals surface area (Å²) in [5, 5.41) is 0. The quantitative estimate of drug-likeness (QED) is 0.721. The van der Waals surface area contributed by atoms with Gasteiger partial charge in [-0.3, -0.25) is 0 Å². The lowest BCUT2D eigenvalue weighted by Gasteiger charge is -2.41. The number of nitrogens with two attached hydrogens (primary N) is 1. The van der Waals surface area contributed by atoms with Crippen molar-refractivity contribution in [2.75, 3.05) is 26.2 Å². The molecular weight excluding hydrogens is 208 g/mol. The monoisotopic (exact) mass is 238 g/mol. The van der Waals surface area contributed by atoms with E-state index in [1.165, 1.54) is 77.4 Å². The SMILES string of the molecule is NCCCCCCN1CC[C@H]2CCCC[C@@H]2C1. The summed E-state index contributed by atoms with van der Waals surface area (Å²) >= 11 is 0. The van der Waals surface area contributed by atoms with Crippen molar-refractivity contribution in [3.8, 4) is 0 Å². The summed E-state index contributed by atoms with van der Waals surface area (Å²) in [5.74, 6) is 2.12. The second kappa shape index (κ2) is 7.38. The molecule has 17 heavy (non-hydrogen) atoms. The van der Waals surface area contributed by atoms with Gasteiger partial charge in [0, 0.05) is 6.54 Å². The van der Waals surface area contributed by atoms with Crippen molar-refractivity contribution in [3.05, 3.63) is 0 Å². The average Bonchev–Trinajstić information content (AvgIpc) is 2.38. The summed E-state index contributed by atoms with van der Waals surface area (Å²) < 4.78 is 0. The molecule has 2 heteroatoms. The molecule has 0 unspecified atom stereocenters. The van der Waals surface area contributed by atoms with Gasteiger partial charge in [-0.15, -0.1) is 0 Å². The molecule has 1 aliphatic carbocycles. The van der Waals surface area contributed by atoms with Crippen molar-refractivity contribution < 1.29 is 0 Å². The van der Waals surface area contributed by atoms with Gasteiger partial charge in [0.25, 0.3) is 0 Å². The first-order valence-corrected chi connectivity index (χ1v) is 7.82. The Hall–Kier alpha value is -0.0800. The molecule has 2 atom stereocenters. The second-order valence-electron chi connectivity index (χ2n) is 6.10. The Bertz CT molecular complexity index is 205. The van der Waals surface area contributed by atoms with E-state index in [1.807, 2.05) is 0 Å². The van der Waals surface area contributed by atoms with Crippen LogP contribution in [0.4, 0.5) is 0 Å². The maximum Gasteiger partial charge on any atom is 0.00123 e. The van der Waals surface area contributed by atoms with Gasteiger partial charge >= 0.3 is 0 Å². The third-order valence-corrected chi connectivity index (χ3v) is 4.80. The van der Waals surface area contributed by atoms with Crippen LogP contribution in [0.25, 0.3) is 0 Å². The van der Waals surface area contributed by atoms with E-state index in [2.05, 4.69) is 4.90 Å². The molecule has 2 N–H and O–H groups in total. The molecule has 1 saturated carbocycles. The minimum atomic E-state index is 0.869. The Morgan fingerprint density at radius 3 is 2.47 bits per heavy atom. The summed E-state index contributed by atoms with van der Waals surface area (Å²) in [4.78, 5) is 2.73. The molecule has 0 radical (unpaired) electrons. The lowest BCUT2D eigenvalue weighted by molar-refractivity contribution is 0.0856. The molecule has 100 valence electrons. The van der Waals surface area contributed by atoms with Gasteiger partial charge in [0.05, 0.1) is 0 Å². The van der Waals surface area contributed by atoms with Crippen molar-refractivity contribution in [3.63, 3.8) is 0 Å². The molecule has 1 heterocycles. The van der Waals surface area contributed by atoms with Crippen LogP contribution in [-0.4, -0.2) is 31.1 Å². The van der Waals surface area contributed by atoms with Crippen LogP contribution in [0.1, 0.15) is 57.8 Å². The molecule has 0 aromatic rings. The standard InChI is InChI=1S/C15H30N2/c16-10-5-1-2-6-11-17-12-9-14-7-3-4-8-15(14)13-17/h14-15H,1-13,16H2/t14-,15-/m1/s1. The van der Waals surface area contributed by atoms with Crippen molar-refractivity contribution in [2.24, 2.45) is 17.6 Å². The number of rotatable bonds is 6. The zero-order valence-corrected chi connectivity index (χ0v) is 11.4. The molecule has 2 fully saturated rings. The van der Waals surface area contributed by atoms with E-state index in [9.17, 15) is 0 Å². The first kappa shape index (κ1) is 13.4. The van der Waals surface area contributed by atoms with Crippen LogP contribution in [0.15, 0.2) is 0 Å². The molecule has 0 spiro atoms. The number of nitrogens with zero attached hydrogens (tertiary/aromatic N) is 1. The summed E-state index contributed by atoms with van der Waals surface area (Å²) in [6.07, 6.45) is 12.8. The molecule has 0 amide bonds. The maximum absolute atomic E-state index is 5.52. The van der Waals surface area contributed by atoms with Gasteiger partial charge < -0.3 is 10.6 Å². The van der Waals surface area contributed by atoms with Crippen LogP contribution in [0.2, 0.25) is 0 Å². The van der Waals surface area contributed by atoms with Crippen molar-refractivity contribution in [1.29, 1.82) is 0 Å². The van der Waals surface area contributed by atoms with Crippen LogP contribution in [0, 0.1) is 11.8 Å². The summed E-state index contributed by atoms with van der Waals surface area (Å²) in [6, 6.07) is 0. The Labute approximate surface area is 107 Å². The second-order valence-corrected chi connectivity index (χ2v) is 6.10.